The molecule has 5 rings (SSSR count). The number of likely N-dealkylation sites (tertiary alicyclic amines) is 1. The van der Waals surface area contributed by atoms with Crippen LogP contribution in [0.3, 0.4) is 0 Å². The Bertz CT molecular complexity index is 1330. The minimum absolute atomic E-state index is 0.0849. The van der Waals surface area contributed by atoms with Crippen LogP contribution in [0, 0.1) is 12.8 Å². The number of amides is 1. The van der Waals surface area contributed by atoms with Gasteiger partial charge in [-0.1, -0.05) is 30.3 Å². The second-order valence-electron chi connectivity index (χ2n) is 8.25. The number of hydrogen-bond donors (Lipinski definition) is 1. The van der Waals surface area contributed by atoms with Crippen molar-refractivity contribution in [2.75, 3.05) is 13.1 Å². The lowest BCUT2D eigenvalue weighted by molar-refractivity contribution is 0.0683. The number of benzene rings is 2. The van der Waals surface area contributed by atoms with Crippen LogP contribution in [0.5, 0.6) is 0 Å². The number of piperidine rings is 1. The van der Waals surface area contributed by atoms with Gasteiger partial charge < -0.3 is 4.90 Å². The monoisotopic (exact) mass is 428 g/mol. The number of carbonyl (C=O) groups is 1. The number of nitrogens with one attached hydrogen (secondary N) is 1. The van der Waals surface area contributed by atoms with E-state index in [0.29, 0.717) is 31.1 Å². The first kappa shape index (κ1) is 20.1. The molecule has 1 fully saturated rings. The molecular formula is C24H24N6O2. The Morgan fingerprint density at radius 3 is 2.56 bits per heavy atom. The molecule has 0 unspecified atom stereocenters. The molecule has 2 aromatic carbocycles. The van der Waals surface area contributed by atoms with Crippen molar-refractivity contribution in [3.8, 4) is 5.69 Å². The highest BCUT2D eigenvalue weighted by Crippen LogP contribution is 2.23. The lowest BCUT2D eigenvalue weighted by atomic mass is 9.93. The summed E-state index contributed by atoms with van der Waals surface area (Å²) < 4.78 is 1.66. The number of nitrogens with zero attached hydrogens (tertiary/aromatic N) is 5. The van der Waals surface area contributed by atoms with Gasteiger partial charge in [-0.15, -0.1) is 0 Å². The normalized spacial score (nSPS) is 14.7. The van der Waals surface area contributed by atoms with E-state index < -0.39 is 0 Å². The fraction of sp³-hybridized carbons (Fsp3) is 0.292. The molecule has 0 bridgehead atoms. The first-order valence-electron chi connectivity index (χ1n) is 10.8. The van der Waals surface area contributed by atoms with Crippen LogP contribution in [0.4, 0.5) is 0 Å². The van der Waals surface area contributed by atoms with Crippen molar-refractivity contribution in [2.45, 2.75) is 26.2 Å². The molecule has 0 aliphatic carbocycles. The van der Waals surface area contributed by atoms with Gasteiger partial charge in [0.15, 0.2) is 0 Å². The van der Waals surface area contributed by atoms with Crippen molar-refractivity contribution in [2.24, 2.45) is 5.92 Å². The average Bonchev–Trinajstić information content (AvgIpc) is 3.18. The van der Waals surface area contributed by atoms with Crippen molar-refractivity contribution < 1.29 is 4.79 Å². The van der Waals surface area contributed by atoms with E-state index in [2.05, 4.69) is 20.2 Å². The summed E-state index contributed by atoms with van der Waals surface area (Å²) in [5.41, 5.74) is 3.53. The van der Waals surface area contributed by atoms with E-state index in [1.165, 1.54) is 0 Å². The van der Waals surface area contributed by atoms with Crippen LogP contribution < -0.4 is 5.69 Å². The van der Waals surface area contributed by atoms with Gasteiger partial charge in [0.1, 0.15) is 11.5 Å². The predicted molar refractivity (Wildman–Crippen MR) is 121 cm³/mol. The van der Waals surface area contributed by atoms with E-state index in [-0.39, 0.29) is 11.6 Å². The maximum Gasteiger partial charge on any atom is 0.347 e. The third-order valence-electron chi connectivity index (χ3n) is 6.14. The van der Waals surface area contributed by atoms with Crippen LogP contribution in [-0.4, -0.2) is 48.6 Å². The largest absolute Gasteiger partial charge is 0.347 e. The van der Waals surface area contributed by atoms with Gasteiger partial charge in [0.05, 0.1) is 22.9 Å². The smallest absolute Gasteiger partial charge is 0.337 e. The number of aryl methyl sites for hydroxylation is 1. The molecule has 2 aromatic heterocycles. The summed E-state index contributed by atoms with van der Waals surface area (Å²) in [7, 11) is 0. The van der Waals surface area contributed by atoms with Crippen LogP contribution in [0.1, 0.15) is 34.7 Å². The standard InChI is InChI=1S/C24H24N6O2/c1-16-6-2-5-9-21(16)30-22(27-28-24(30)32)14-17-10-12-29(13-11-17)23(31)20-15-25-18-7-3-4-8-19(18)26-20/h2-9,15,17H,10-14H2,1H3,(H,28,32). The SMILES string of the molecule is Cc1ccccc1-n1c(CC2CCN(C(=O)c3cnc4ccccc4n3)CC2)n[nH]c1=O. The van der Waals surface area contributed by atoms with E-state index in [4.69, 9.17) is 0 Å². The van der Waals surface area contributed by atoms with E-state index in [1.807, 2.05) is 60.4 Å². The zero-order chi connectivity index (χ0) is 22.1. The number of fused-ring (bicyclic) bond motifs is 1. The maximum atomic E-state index is 12.9. The number of aromatic amines is 1. The first-order chi connectivity index (χ1) is 15.6. The van der Waals surface area contributed by atoms with Gasteiger partial charge in [-0.3, -0.25) is 9.78 Å². The molecule has 0 atom stereocenters. The molecular weight excluding hydrogens is 404 g/mol. The van der Waals surface area contributed by atoms with Crippen molar-refractivity contribution >= 4 is 16.9 Å². The predicted octanol–water partition coefficient (Wildman–Crippen LogP) is 2.91. The second kappa shape index (κ2) is 8.37. The lowest BCUT2D eigenvalue weighted by Gasteiger charge is -2.31. The second-order valence-corrected chi connectivity index (χ2v) is 8.25. The highest BCUT2D eigenvalue weighted by atomic mass is 16.2. The molecule has 1 N–H and O–H groups in total. The van der Waals surface area contributed by atoms with E-state index >= 15 is 0 Å². The molecule has 32 heavy (non-hydrogen) atoms. The van der Waals surface area contributed by atoms with Crippen molar-refractivity contribution in [3.63, 3.8) is 0 Å². The summed E-state index contributed by atoms with van der Waals surface area (Å²) in [6, 6.07) is 15.3. The number of para-hydroxylation sites is 3. The molecule has 4 aromatic rings. The van der Waals surface area contributed by atoms with Crippen LogP contribution >= 0.6 is 0 Å². The number of aromatic nitrogens is 5. The van der Waals surface area contributed by atoms with Gasteiger partial charge in [-0.05, 0) is 49.4 Å². The van der Waals surface area contributed by atoms with Crippen LogP contribution in [-0.2, 0) is 6.42 Å². The number of hydrogen-bond acceptors (Lipinski definition) is 5. The summed E-state index contributed by atoms with van der Waals surface area (Å²) in [5.74, 6) is 0.993. The fourth-order valence-electron chi connectivity index (χ4n) is 4.35. The van der Waals surface area contributed by atoms with Crippen molar-refractivity contribution in [3.05, 3.63) is 82.3 Å². The van der Waals surface area contributed by atoms with Crippen molar-refractivity contribution in [1.82, 2.24) is 29.6 Å². The molecule has 8 nitrogen and oxygen atoms in total. The Balaban J connectivity index is 1.27. The summed E-state index contributed by atoms with van der Waals surface area (Å²) >= 11 is 0. The summed E-state index contributed by atoms with van der Waals surface area (Å²) in [6.07, 6.45) is 3.94. The third-order valence-corrected chi connectivity index (χ3v) is 6.14. The lowest BCUT2D eigenvalue weighted by Crippen LogP contribution is -2.39. The topological polar surface area (TPSA) is 96.8 Å². The van der Waals surface area contributed by atoms with E-state index in [1.54, 1.807) is 10.8 Å². The molecule has 162 valence electrons. The zero-order valence-corrected chi connectivity index (χ0v) is 17.9. The minimum Gasteiger partial charge on any atom is -0.337 e. The number of rotatable bonds is 4. The number of carbonyl (C=O) groups excluding carboxylic acids is 1. The van der Waals surface area contributed by atoms with E-state index in [9.17, 15) is 9.59 Å². The molecule has 1 aliphatic heterocycles. The summed E-state index contributed by atoms with van der Waals surface area (Å²) in [5, 5.41) is 6.88. The van der Waals surface area contributed by atoms with Crippen LogP contribution in [0.15, 0.2) is 59.5 Å². The summed E-state index contributed by atoms with van der Waals surface area (Å²) in [4.78, 5) is 36.0. The summed E-state index contributed by atoms with van der Waals surface area (Å²) in [6.45, 7) is 3.28. The Labute approximate surface area is 184 Å². The van der Waals surface area contributed by atoms with Crippen LogP contribution in [0.2, 0.25) is 0 Å². The molecule has 1 aliphatic rings. The third kappa shape index (κ3) is 3.79. The quantitative estimate of drug-likeness (QED) is 0.539. The Morgan fingerprint density at radius 1 is 1.06 bits per heavy atom. The molecule has 3 heterocycles. The molecule has 1 saturated heterocycles. The molecule has 0 radical (unpaired) electrons. The van der Waals surface area contributed by atoms with Gasteiger partial charge in [0.2, 0.25) is 0 Å². The maximum absolute atomic E-state index is 12.9. The highest BCUT2D eigenvalue weighted by Gasteiger charge is 2.26. The van der Waals surface area contributed by atoms with Gasteiger partial charge in [0.25, 0.3) is 5.91 Å². The van der Waals surface area contributed by atoms with Crippen molar-refractivity contribution in [1.29, 1.82) is 0 Å². The van der Waals surface area contributed by atoms with Gasteiger partial charge in [-0.2, -0.15) is 5.10 Å². The van der Waals surface area contributed by atoms with Gasteiger partial charge in [0, 0.05) is 19.5 Å². The fourth-order valence-corrected chi connectivity index (χ4v) is 4.35. The van der Waals surface area contributed by atoms with Crippen LogP contribution in [0.25, 0.3) is 16.7 Å². The molecule has 8 heteroatoms. The van der Waals surface area contributed by atoms with Gasteiger partial charge >= 0.3 is 5.69 Å². The Morgan fingerprint density at radius 2 is 1.78 bits per heavy atom. The highest BCUT2D eigenvalue weighted by molar-refractivity contribution is 5.93. The van der Waals surface area contributed by atoms with Gasteiger partial charge in [-0.25, -0.2) is 19.4 Å². The molecule has 1 amide bonds. The Hall–Kier alpha value is -3.81. The number of H-pyrrole nitrogens is 1. The molecule has 0 spiro atoms. The molecule has 0 saturated carbocycles. The average molecular weight is 428 g/mol. The minimum atomic E-state index is -0.225. The first-order valence-corrected chi connectivity index (χ1v) is 10.8. The van der Waals surface area contributed by atoms with E-state index in [0.717, 1.165) is 41.0 Å². The Kier molecular flexibility index (Phi) is 5.26. The zero-order valence-electron chi connectivity index (χ0n) is 17.9.